The van der Waals surface area contributed by atoms with Crippen LogP contribution in [0.15, 0.2) is 133 Å². The second kappa shape index (κ2) is 27.3. The molecule has 0 radical (unpaired) electrons. The predicted molar refractivity (Wildman–Crippen MR) is 411 cm³/mol. The number of nitrogens with zero attached hydrogens (tertiary/aromatic N) is 2. The molecule has 98 heavy (non-hydrogen) atoms. The molecule has 0 aliphatic rings. The normalized spacial score (nSPS) is 13.1. The molecular formula is C89H114F2N2O4Zr. The fraction of sp³-hybridized carbons (Fsp3) is 0.438. The zero-order chi connectivity index (χ0) is 70.0. The molecule has 0 atom stereocenters. The van der Waals surface area contributed by atoms with Crippen LogP contribution in [0.3, 0.4) is 0 Å². The summed E-state index contributed by atoms with van der Waals surface area (Å²) < 4.78 is 50.8. The van der Waals surface area contributed by atoms with Crippen LogP contribution < -0.4 is 9.47 Å². The van der Waals surface area contributed by atoms with Gasteiger partial charge in [-0.2, -0.15) is 0 Å². The molecule has 0 spiro atoms. The van der Waals surface area contributed by atoms with Crippen molar-refractivity contribution in [3.63, 3.8) is 0 Å². The molecule has 0 amide bonds. The van der Waals surface area contributed by atoms with Gasteiger partial charge in [-0.15, -0.1) is 0 Å². The maximum absolute atomic E-state index is 16.2. The van der Waals surface area contributed by atoms with E-state index in [1.807, 2.05) is 12.1 Å². The summed E-state index contributed by atoms with van der Waals surface area (Å²) in [6.45, 7) is 56.0. The van der Waals surface area contributed by atoms with Crippen LogP contribution >= 0.6 is 0 Å². The topological polar surface area (TPSA) is 68.8 Å². The zero-order valence-electron chi connectivity index (χ0n) is 64.5. The van der Waals surface area contributed by atoms with Gasteiger partial charge in [0.1, 0.15) is 34.6 Å². The first-order chi connectivity index (χ1) is 43.6. The number of hydrogen-bond donors (Lipinski definition) is 2. The predicted octanol–water partition coefficient (Wildman–Crippen LogP) is 25.5. The number of halogens is 2. The van der Waals surface area contributed by atoms with E-state index in [0.717, 1.165) is 67.6 Å². The van der Waals surface area contributed by atoms with E-state index < -0.39 is 27.9 Å². The summed E-state index contributed by atoms with van der Waals surface area (Å²) in [5, 5.41) is 30.8. The van der Waals surface area contributed by atoms with E-state index in [-0.39, 0.29) is 104 Å². The van der Waals surface area contributed by atoms with Gasteiger partial charge in [-0.1, -0.05) is 197 Å². The first-order valence-electron chi connectivity index (χ1n) is 34.4. The molecule has 0 aliphatic heterocycles. The van der Waals surface area contributed by atoms with Crippen molar-refractivity contribution in [2.75, 3.05) is 13.2 Å². The summed E-state index contributed by atoms with van der Waals surface area (Å²) in [4.78, 5) is 0. The number of phenolic OH excluding ortho intramolecular Hbond substituents is 2. The third-order valence-corrected chi connectivity index (χ3v) is 19.7. The average molecular weight is 1410 g/mol. The molecule has 0 aliphatic carbocycles. The summed E-state index contributed by atoms with van der Waals surface area (Å²) in [7, 11) is 0. The van der Waals surface area contributed by atoms with Gasteiger partial charge in [-0.25, -0.2) is 8.78 Å². The van der Waals surface area contributed by atoms with Gasteiger partial charge in [-0.05, 0) is 204 Å². The Morgan fingerprint density at radius 2 is 0.622 bits per heavy atom. The first kappa shape index (κ1) is 78.6. The van der Waals surface area contributed by atoms with Crippen molar-refractivity contribution in [1.29, 1.82) is 0 Å². The number of benzene rings is 8. The van der Waals surface area contributed by atoms with Crippen LogP contribution in [-0.2, 0) is 58.7 Å². The molecule has 522 valence electrons. The van der Waals surface area contributed by atoms with E-state index in [4.69, 9.17) is 9.47 Å². The van der Waals surface area contributed by atoms with E-state index in [1.54, 1.807) is 12.1 Å². The number of rotatable bonds is 14. The van der Waals surface area contributed by atoms with Crippen LogP contribution in [0.4, 0.5) is 8.78 Å². The van der Waals surface area contributed by atoms with Crippen LogP contribution in [0.25, 0.3) is 77.2 Å². The Balaban J connectivity index is 0.00000451. The number of fused-ring (bicyclic) bond motifs is 6. The van der Waals surface area contributed by atoms with E-state index in [9.17, 15) is 10.2 Å². The smallest absolute Gasteiger partial charge is 0.505 e. The fourth-order valence-corrected chi connectivity index (χ4v) is 14.7. The Hall–Kier alpha value is -6.70. The Labute approximate surface area is 607 Å². The Bertz CT molecular complexity index is 4160. The maximum atomic E-state index is 16.2. The summed E-state index contributed by atoms with van der Waals surface area (Å²) >= 11 is 0. The molecule has 2 N–H and O–H groups in total. The second-order valence-corrected chi connectivity index (χ2v) is 36.6. The van der Waals surface area contributed by atoms with Crippen molar-refractivity contribution in [3.8, 4) is 56.6 Å². The number of aromatic nitrogens is 2. The van der Waals surface area contributed by atoms with Crippen molar-refractivity contribution in [3.05, 3.63) is 193 Å². The van der Waals surface area contributed by atoms with Crippen molar-refractivity contribution >= 4 is 43.6 Å². The fourth-order valence-electron chi connectivity index (χ4n) is 14.7. The van der Waals surface area contributed by atoms with Gasteiger partial charge < -0.3 is 43.7 Å². The van der Waals surface area contributed by atoms with E-state index in [2.05, 4.69) is 267 Å². The van der Waals surface area contributed by atoms with Crippen molar-refractivity contribution in [2.45, 2.75) is 218 Å². The maximum Gasteiger partial charge on any atom is 2.00 e. The largest absolute Gasteiger partial charge is 2.00 e. The molecule has 0 unspecified atom stereocenters. The van der Waals surface area contributed by atoms with Crippen LogP contribution in [0, 0.1) is 48.7 Å². The van der Waals surface area contributed by atoms with Crippen molar-refractivity contribution < 1.29 is 54.7 Å². The van der Waals surface area contributed by atoms with Crippen LogP contribution in [0.2, 0.25) is 0 Å². The summed E-state index contributed by atoms with van der Waals surface area (Å²) in [5.41, 5.74) is 11.9. The van der Waals surface area contributed by atoms with Gasteiger partial charge in [0.2, 0.25) is 0 Å². The minimum absolute atomic E-state index is 0. The van der Waals surface area contributed by atoms with E-state index in [1.165, 1.54) is 46.5 Å². The minimum atomic E-state index is -0.465. The van der Waals surface area contributed by atoms with Crippen LogP contribution in [0.1, 0.15) is 219 Å². The molecule has 0 bridgehead atoms. The molecule has 2 aromatic heterocycles. The SMILES string of the molecule is CC(C)(C)CC(C)(C)c1cc(-c2cc(F)ccc2OCC(COc2ccc(F)cc2-c2cc(C(C)(C)CC(C)(C)C)cc(-n3c4ccc(C(C)(C)C)cc4c4cc(C(C)(C)C)ccc43)c2O)C(C)(C)C)c(O)c(-n2c3ccc(C(C)(C)C)cc3c3cc(C(C)(C)C)ccc32)c1.[CH3-].[CH3-].[Zr+2]. The second-order valence-electron chi connectivity index (χ2n) is 36.6. The van der Waals surface area contributed by atoms with Crippen LogP contribution in [-0.4, -0.2) is 32.6 Å². The third-order valence-electron chi connectivity index (χ3n) is 19.7. The van der Waals surface area contributed by atoms with Crippen molar-refractivity contribution in [2.24, 2.45) is 22.2 Å². The van der Waals surface area contributed by atoms with Gasteiger partial charge in [0, 0.05) is 49.7 Å². The summed E-state index contributed by atoms with van der Waals surface area (Å²) in [6, 6.07) is 44.2. The average Bonchev–Trinajstić information content (AvgIpc) is 1.53. The van der Waals surface area contributed by atoms with Gasteiger partial charge in [0.15, 0.2) is 0 Å². The van der Waals surface area contributed by atoms with Crippen LogP contribution in [0.5, 0.6) is 23.0 Å². The van der Waals surface area contributed by atoms with E-state index in [0.29, 0.717) is 45.1 Å². The molecular weight excluding hydrogens is 1290 g/mol. The Morgan fingerprint density at radius 3 is 0.867 bits per heavy atom. The third kappa shape index (κ3) is 16.2. The minimum Gasteiger partial charge on any atom is -0.505 e. The van der Waals surface area contributed by atoms with Gasteiger partial charge >= 0.3 is 26.2 Å². The van der Waals surface area contributed by atoms with E-state index >= 15 is 8.78 Å². The quantitative estimate of drug-likeness (QED) is 0.106. The monoisotopic (exact) mass is 1400 g/mol. The molecule has 9 heteroatoms. The molecule has 0 saturated heterocycles. The molecule has 10 rings (SSSR count). The van der Waals surface area contributed by atoms with Crippen molar-refractivity contribution in [1.82, 2.24) is 9.13 Å². The van der Waals surface area contributed by atoms with Gasteiger partial charge in [0.05, 0.1) is 46.7 Å². The number of aromatic hydroxyl groups is 2. The first-order valence-corrected chi connectivity index (χ1v) is 34.4. The Kier molecular flexibility index (Phi) is 21.9. The summed E-state index contributed by atoms with van der Waals surface area (Å²) in [5.74, 6) is -0.390. The molecule has 8 aromatic carbocycles. The molecule has 6 nitrogen and oxygen atoms in total. The molecule has 2 heterocycles. The number of hydrogen-bond acceptors (Lipinski definition) is 4. The standard InChI is InChI=1S/C87H108F2N2O4.2CH3.Zr/c1-79(2,3)50-86(22,23)56-42-67(77(92)73(44-56)90-69-32-26-52(81(7,8)9)38-61(69)62-39-53(82(10,11)12)27-33-70(62)90)65-46-59(88)30-36-75(65)94-48-58(85(19,20)21)49-95-76-37-31-60(89)47-66(76)68-43-57(87(24,25)51-80(4,5)6)45-74(78(68)93)91-71-34-28-54(83(13,14)15)40-63(71)64-41-55(84(16,17)18)29-35-72(64)91;;;/h26-47,58,92-93H,48-51H2,1-25H3;2*1H3;/q;2*-1;+2. The molecule has 10 aromatic rings. The molecule has 0 saturated carbocycles. The number of phenols is 2. The zero-order valence-corrected chi connectivity index (χ0v) is 66.9. The Morgan fingerprint density at radius 1 is 0.347 bits per heavy atom. The molecule has 0 fully saturated rings. The van der Waals surface area contributed by atoms with Gasteiger partial charge in [-0.3, -0.25) is 0 Å². The van der Waals surface area contributed by atoms with Gasteiger partial charge in [0.25, 0.3) is 0 Å². The number of ether oxygens (including phenoxy) is 2. The summed E-state index contributed by atoms with van der Waals surface area (Å²) in [6.07, 6.45) is 1.66.